The minimum absolute atomic E-state index is 0.0190. The summed E-state index contributed by atoms with van der Waals surface area (Å²) in [7, 11) is 1.31. The minimum atomic E-state index is -1.18. The van der Waals surface area contributed by atoms with E-state index in [4.69, 9.17) is 9.47 Å². The van der Waals surface area contributed by atoms with Crippen LogP contribution in [0.4, 0.5) is 0 Å². The summed E-state index contributed by atoms with van der Waals surface area (Å²) in [5.74, 6) is -0.511. The predicted molar refractivity (Wildman–Crippen MR) is 112 cm³/mol. The zero-order valence-corrected chi connectivity index (χ0v) is 16.7. The number of carbonyl (C=O) groups excluding carboxylic acids is 1. The molecule has 0 aliphatic heterocycles. The molecule has 0 saturated carbocycles. The van der Waals surface area contributed by atoms with Gasteiger partial charge in [0, 0.05) is 0 Å². The molecule has 0 spiro atoms. The van der Waals surface area contributed by atoms with Gasteiger partial charge in [-0.2, -0.15) is 0 Å². The van der Waals surface area contributed by atoms with Crippen LogP contribution in [-0.4, -0.2) is 31.4 Å². The van der Waals surface area contributed by atoms with Gasteiger partial charge in [-0.3, -0.25) is 4.79 Å². The topological polar surface area (TPSA) is 55.8 Å². The van der Waals surface area contributed by atoms with Gasteiger partial charge in [0.2, 0.25) is 0 Å². The molecule has 29 heavy (non-hydrogen) atoms. The van der Waals surface area contributed by atoms with Crippen LogP contribution >= 0.6 is 0 Å². The van der Waals surface area contributed by atoms with E-state index in [0.29, 0.717) is 0 Å². The Bertz CT molecular complexity index is 813. The van der Waals surface area contributed by atoms with Crippen molar-refractivity contribution in [3.63, 3.8) is 0 Å². The molecule has 1 atom stereocenters. The fourth-order valence-electron chi connectivity index (χ4n) is 3.45. The first-order chi connectivity index (χ1) is 14.1. The Morgan fingerprint density at radius 1 is 0.793 bits per heavy atom. The molecule has 0 bridgehead atoms. The van der Waals surface area contributed by atoms with E-state index in [1.165, 1.54) is 7.11 Å². The van der Waals surface area contributed by atoms with Crippen LogP contribution < -0.4 is 0 Å². The van der Waals surface area contributed by atoms with Crippen LogP contribution in [0.1, 0.15) is 23.6 Å². The Morgan fingerprint density at radius 3 is 1.48 bits per heavy atom. The van der Waals surface area contributed by atoms with Crippen LogP contribution in [0.2, 0.25) is 0 Å². The van der Waals surface area contributed by atoms with E-state index in [-0.39, 0.29) is 13.2 Å². The molecule has 0 aliphatic rings. The SMILES string of the molecule is COC(=O)C(C)(CO)COC(c1ccccc1)(c1ccccc1)c1ccccc1. The first kappa shape index (κ1) is 20.8. The normalized spacial score (nSPS) is 13.5. The highest BCUT2D eigenvalue weighted by atomic mass is 16.5. The summed E-state index contributed by atoms with van der Waals surface area (Å²) in [6.45, 7) is 1.24. The lowest BCUT2D eigenvalue weighted by molar-refractivity contribution is -0.161. The molecule has 1 N–H and O–H groups in total. The molecule has 4 nitrogen and oxygen atoms in total. The van der Waals surface area contributed by atoms with Crippen molar-refractivity contribution in [1.82, 2.24) is 0 Å². The molecule has 0 aliphatic carbocycles. The van der Waals surface area contributed by atoms with E-state index in [0.717, 1.165) is 16.7 Å². The van der Waals surface area contributed by atoms with Crippen molar-refractivity contribution in [3.05, 3.63) is 108 Å². The van der Waals surface area contributed by atoms with Crippen molar-refractivity contribution in [2.45, 2.75) is 12.5 Å². The first-order valence-electron chi connectivity index (χ1n) is 9.56. The molecule has 0 fully saturated rings. The molecule has 4 heteroatoms. The summed E-state index contributed by atoms with van der Waals surface area (Å²) in [5, 5.41) is 9.91. The average molecular weight is 390 g/mol. The number of ether oxygens (including phenoxy) is 2. The van der Waals surface area contributed by atoms with E-state index in [9.17, 15) is 9.90 Å². The highest BCUT2D eigenvalue weighted by Gasteiger charge is 2.42. The fraction of sp³-hybridized carbons (Fsp3) is 0.240. The summed E-state index contributed by atoms with van der Waals surface area (Å²) in [4.78, 5) is 12.3. The van der Waals surface area contributed by atoms with Gasteiger partial charge in [0.1, 0.15) is 11.0 Å². The summed E-state index contributed by atoms with van der Waals surface area (Å²) in [6.07, 6.45) is 0. The third-order valence-corrected chi connectivity index (χ3v) is 5.18. The number of rotatable bonds is 8. The van der Waals surface area contributed by atoms with E-state index in [1.54, 1.807) is 6.92 Å². The number of methoxy groups -OCH3 is 1. The molecule has 3 aromatic rings. The highest BCUT2D eigenvalue weighted by Crippen LogP contribution is 2.41. The number of hydrogen-bond donors (Lipinski definition) is 1. The molecule has 0 saturated heterocycles. The molecule has 3 aromatic carbocycles. The van der Waals surface area contributed by atoms with Gasteiger partial charge in [0.15, 0.2) is 0 Å². The summed E-state index contributed by atoms with van der Waals surface area (Å²) in [6, 6.07) is 29.7. The third-order valence-electron chi connectivity index (χ3n) is 5.18. The fourth-order valence-corrected chi connectivity index (χ4v) is 3.45. The largest absolute Gasteiger partial charge is 0.468 e. The Hall–Kier alpha value is -2.95. The Balaban J connectivity index is 2.19. The maximum atomic E-state index is 12.3. The zero-order chi connectivity index (χ0) is 20.7. The lowest BCUT2D eigenvalue weighted by Gasteiger charge is -2.38. The van der Waals surface area contributed by atoms with Crippen LogP contribution in [0.15, 0.2) is 91.0 Å². The van der Waals surface area contributed by atoms with Crippen LogP contribution in [0, 0.1) is 5.41 Å². The van der Waals surface area contributed by atoms with Gasteiger partial charge in [0.05, 0.1) is 20.3 Å². The Kier molecular flexibility index (Phi) is 6.47. The second-order valence-corrected chi connectivity index (χ2v) is 7.28. The van der Waals surface area contributed by atoms with Crippen LogP contribution in [0.25, 0.3) is 0 Å². The number of esters is 1. The second-order valence-electron chi connectivity index (χ2n) is 7.28. The molecular weight excluding hydrogens is 364 g/mol. The van der Waals surface area contributed by atoms with Gasteiger partial charge in [-0.25, -0.2) is 0 Å². The molecule has 0 aromatic heterocycles. The Labute approximate surface area is 171 Å². The predicted octanol–water partition coefficient (Wildman–Crippen LogP) is 4.17. The van der Waals surface area contributed by atoms with E-state index in [1.807, 2.05) is 91.0 Å². The standard InChI is InChI=1S/C25H26O4/c1-24(18-26,23(27)28-2)19-29-25(20-12-6-3-7-13-20,21-14-8-4-9-15-21)22-16-10-5-11-17-22/h3-17,26H,18-19H2,1-2H3. The molecule has 0 heterocycles. The first-order valence-corrected chi connectivity index (χ1v) is 9.56. The smallest absolute Gasteiger partial charge is 0.316 e. The number of aliphatic hydroxyl groups excluding tert-OH is 1. The van der Waals surface area contributed by atoms with Crippen molar-refractivity contribution in [1.29, 1.82) is 0 Å². The van der Waals surface area contributed by atoms with Gasteiger partial charge >= 0.3 is 5.97 Å². The molecule has 150 valence electrons. The monoisotopic (exact) mass is 390 g/mol. The van der Waals surface area contributed by atoms with Crippen LogP contribution in [0.3, 0.4) is 0 Å². The van der Waals surface area contributed by atoms with Gasteiger partial charge in [-0.15, -0.1) is 0 Å². The van der Waals surface area contributed by atoms with Gasteiger partial charge < -0.3 is 14.6 Å². The summed E-state index contributed by atoms with van der Waals surface area (Å²) in [5.41, 5.74) is 0.666. The molecule has 0 amide bonds. The van der Waals surface area contributed by atoms with Crippen molar-refractivity contribution in [2.75, 3.05) is 20.3 Å². The van der Waals surface area contributed by atoms with Crippen LogP contribution in [-0.2, 0) is 19.9 Å². The molecule has 3 rings (SSSR count). The van der Waals surface area contributed by atoms with E-state index < -0.39 is 17.0 Å². The van der Waals surface area contributed by atoms with Gasteiger partial charge in [-0.05, 0) is 23.6 Å². The zero-order valence-electron chi connectivity index (χ0n) is 16.7. The van der Waals surface area contributed by atoms with Crippen molar-refractivity contribution < 1.29 is 19.4 Å². The van der Waals surface area contributed by atoms with E-state index >= 15 is 0 Å². The highest BCUT2D eigenvalue weighted by molar-refractivity contribution is 5.76. The minimum Gasteiger partial charge on any atom is -0.468 e. The third kappa shape index (κ3) is 4.09. The average Bonchev–Trinajstić information content (AvgIpc) is 2.81. The number of carbonyl (C=O) groups is 1. The lowest BCUT2D eigenvalue weighted by Crippen LogP contribution is -2.42. The van der Waals surface area contributed by atoms with Gasteiger partial charge in [-0.1, -0.05) is 91.0 Å². The molecule has 0 radical (unpaired) electrons. The Morgan fingerprint density at radius 2 is 1.17 bits per heavy atom. The lowest BCUT2D eigenvalue weighted by atomic mass is 9.79. The van der Waals surface area contributed by atoms with E-state index in [2.05, 4.69) is 0 Å². The maximum Gasteiger partial charge on any atom is 0.316 e. The molecule has 1 unspecified atom stereocenters. The number of benzene rings is 3. The van der Waals surface area contributed by atoms with Gasteiger partial charge in [0.25, 0.3) is 0 Å². The summed E-state index contributed by atoms with van der Waals surface area (Å²) < 4.78 is 11.5. The van der Waals surface area contributed by atoms with Crippen molar-refractivity contribution in [3.8, 4) is 0 Å². The number of hydrogen-bond acceptors (Lipinski definition) is 4. The van der Waals surface area contributed by atoms with Crippen LogP contribution in [0.5, 0.6) is 0 Å². The quantitative estimate of drug-likeness (QED) is 0.463. The molecular formula is C25H26O4. The van der Waals surface area contributed by atoms with Crippen molar-refractivity contribution >= 4 is 5.97 Å². The number of aliphatic hydroxyl groups is 1. The second kappa shape index (κ2) is 9.03. The maximum absolute atomic E-state index is 12.3. The van der Waals surface area contributed by atoms with Crippen molar-refractivity contribution in [2.24, 2.45) is 5.41 Å². The summed E-state index contributed by atoms with van der Waals surface area (Å²) >= 11 is 0.